The molecule has 0 aliphatic rings. The van der Waals surface area contributed by atoms with Crippen molar-refractivity contribution < 1.29 is 37.6 Å². The number of carbonyl (C=O) groups is 2. The van der Waals surface area contributed by atoms with Gasteiger partial charge in [-0.15, -0.1) is 0 Å². The molecule has 2 atom stereocenters. The van der Waals surface area contributed by atoms with E-state index < -0.39 is 26.5 Å². The number of ether oxygens (including phenoxy) is 2. The summed E-state index contributed by atoms with van der Waals surface area (Å²) in [5.41, 5.74) is 0. The normalized spacial score (nSPS) is 13.2. The quantitative estimate of drug-likeness (QED) is 0.0279. The van der Waals surface area contributed by atoms with Crippen LogP contribution in [0.1, 0.15) is 264 Å². The maximum atomic E-state index is 12.6. The number of rotatable bonds is 47. The second-order valence-electron chi connectivity index (χ2n) is 17.0. The summed E-state index contributed by atoms with van der Waals surface area (Å²) in [6, 6.07) is 0. The third-order valence-corrected chi connectivity index (χ3v) is 12.2. The molecule has 58 heavy (non-hydrogen) atoms. The minimum atomic E-state index is -4.26. The number of unbranched alkanes of at least 4 members (excludes halogenated alkanes) is 34. The second-order valence-corrected chi connectivity index (χ2v) is 18.5. The van der Waals surface area contributed by atoms with E-state index in [4.69, 9.17) is 14.0 Å². The Morgan fingerprint density at radius 3 is 1.12 bits per heavy atom. The maximum absolute atomic E-state index is 12.6. The van der Waals surface area contributed by atoms with Crippen LogP contribution in [-0.4, -0.2) is 43.3 Å². The third kappa shape index (κ3) is 44.3. The minimum absolute atomic E-state index is 0.219. The van der Waals surface area contributed by atoms with E-state index in [9.17, 15) is 19.0 Å². The molecule has 0 aromatic carbocycles. The molecule has 1 N–H and O–H groups in total. The first-order valence-corrected chi connectivity index (χ1v) is 26.4. The standard InChI is InChI=1S/C49H95O8P/c1-4-6-8-10-12-14-16-18-20-22-23-24-25-26-27-28-30-32-34-36-38-40-42-44-49(51)57-47(46-56-58(52,53)54-3)45-55-48(50)43-41-39-37-35-33-31-29-21-19-17-15-13-11-9-7-5-2/h22-23,47H,4-21,24-46H2,1-3H3,(H,52,53)/b23-22-. The molecule has 2 unspecified atom stereocenters. The summed E-state index contributed by atoms with van der Waals surface area (Å²) in [5, 5.41) is 0. The fourth-order valence-corrected chi connectivity index (χ4v) is 7.88. The van der Waals surface area contributed by atoms with Crippen LogP contribution in [0.3, 0.4) is 0 Å². The number of esters is 2. The number of carbonyl (C=O) groups excluding carboxylic acids is 2. The fourth-order valence-electron chi connectivity index (χ4n) is 7.42. The summed E-state index contributed by atoms with van der Waals surface area (Å²) in [4.78, 5) is 34.6. The van der Waals surface area contributed by atoms with Crippen LogP contribution in [0, 0.1) is 0 Å². The molecular formula is C49H95O8P. The van der Waals surface area contributed by atoms with E-state index in [1.807, 2.05) is 0 Å². The molecule has 0 fully saturated rings. The molecule has 0 radical (unpaired) electrons. The van der Waals surface area contributed by atoms with Crippen LogP contribution in [0.15, 0.2) is 12.2 Å². The van der Waals surface area contributed by atoms with Gasteiger partial charge < -0.3 is 14.4 Å². The van der Waals surface area contributed by atoms with Gasteiger partial charge in [0.1, 0.15) is 6.61 Å². The number of hydrogen-bond donors (Lipinski definition) is 1. The largest absolute Gasteiger partial charge is 0.472 e. The lowest BCUT2D eigenvalue weighted by molar-refractivity contribution is -0.161. The van der Waals surface area contributed by atoms with Gasteiger partial charge in [-0.2, -0.15) is 0 Å². The Labute approximate surface area is 359 Å². The summed E-state index contributed by atoms with van der Waals surface area (Å²) < 4.78 is 32.1. The Morgan fingerprint density at radius 2 is 0.776 bits per heavy atom. The molecule has 0 rings (SSSR count). The second kappa shape index (κ2) is 45.3. The summed E-state index contributed by atoms with van der Waals surface area (Å²) in [5.74, 6) is -0.788. The molecular weight excluding hydrogens is 748 g/mol. The van der Waals surface area contributed by atoms with Crippen LogP contribution in [0.4, 0.5) is 0 Å². The number of phosphoric ester groups is 1. The van der Waals surface area contributed by atoms with Crippen molar-refractivity contribution in [2.45, 2.75) is 270 Å². The van der Waals surface area contributed by atoms with Crippen molar-refractivity contribution in [1.82, 2.24) is 0 Å². The van der Waals surface area contributed by atoms with Gasteiger partial charge in [-0.05, 0) is 38.5 Å². The molecule has 0 spiro atoms. The summed E-state index contributed by atoms with van der Waals surface area (Å²) >= 11 is 0. The van der Waals surface area contributed by atoms with Gasteiger partial charge in [0.15, 0.2) is 6.10 Å². The van der Waals surface area contributed by atoms with Crippen LogP contribution in [0.5, 0.6) is 0 Å². The molecule has 0 saturated heterocycles. The van der Waals surface area contributed by atoms with Crippen LogP contribution in [0.2, 0.25) is 0 Å². The first-order chi connectivity index (χ1) is 28.3. The number of hydrogen-bond acceptors (Lipinski definition) is 7. The predicted octanol–water partition coefficient (Wildman–Crippen LogP) is 16.0. The van der Waals surface area contributed by atoms with Crippen molar-refractivity contribution in [3.05, 3.63) is 12.2 Å². The number of allylic oxidation sites excluding steroid dienone is 2. The van der Waals surface area contributed by atoms with Crippen molar-refractivity contribution in [2.24, 2.45) is 0 Å². The first kappa shape index (κ1) is 56.8. The van der Waals surface area contributed by atoms with Gasteiger partial charge >= 0.3 is 19.8 Å². The number of phosphoric acid groups is 1. The lowest BCUT2D eigenvalue weighted by Crippen LogP contribution is -2.29. The maximum Gasteiger partial charge on any atom is 0.472 e. The third-order valence-electron chi connectivity index (χ3n) is 11.3. The van der Waals surface area contributed by atoms with Crippen LogP contribution >= 0.6 is 7.82 Å². The van der Waals surface area contributed by atoms with E-state index in [-0.39, 0.29) is 19.0 Å². The van der Waals surface area contributed by atoms with E-state index in [1.165, 1.54) is 199 Å². The van der Waals surface area contributed by atoms with Crippen molar-refractivity contribution in [3.63, 3.8) is 0 Å². The van der Waals surface area contributed by atoms with Crippen molar-refractivity contribution >= 4 is 19.8 Å². The van der Waals surface area contributed by atoms with Gasteiger partial charge in [-0.25, -0.2) is 4.57 Å². The topological polar surface area (TPSA) is 108 Å². The minimum Gasteiger partial charge on any atom is -0.462 e. The summed E-state index contributed by atoms with van der Waals surface area (Å²) in [6.07, 6.45) is 51.3. The van der Waals surface area contributed by atoms with E-state index in [0.29, 0.717) is 6.42 Å². The molecule has 0 bridgehead atoms. The van der Waals surface area contributed by atoms with E-state index in [2.05, 4.69) is 30.5 Å². The molecule has 0 amide bonds. The van der Waals surface area contributed by atoms with E-state index in [0.717, 1.165) is 45.6 Å². The highest BCUT2D eigenvalue weighted by Crippen LogP contribution is 2.42. The molecule has 0 aromatic rings. The van der Waals surface area contributed by atoms with E-state index in [1.54, 1.807) is 0 Å². The zero-order valence-electron chi connectivity index (χ0n) is 38.5. The molecule has 8 nitrogen and oxygen atoms in total. The Kier molecular flexibility index (Phi) is 44.4. The van der Waals surface area contributed by atoms with Gasteiger partial charge in [-0.3, -0.25) is 18.6 Å². The van der Waals surface area contributed by atoms with Crippen molar-refractivity contribution in [3.8, 4) is 0 Å². The monoisotopic (exact) mass is 843 g/mol. The molecule has 0 saturated carbocycles. The van der Waals surface area contributed by atoms with E-state index >= 15 is 0 Å². The lowest BCUT2D eigenvalue weighted by Gasteiger charge is -2.19. The predicted molar refractivity (Wildman–Crippen MR) is 244 cm³/mol. The van der Waals surface area contributed by atoms with Gasteiger partial charge in [-0.1, -0.05) is 225 Å². The van der Waals surface area contributed by atoms with Gasteiger partial charge in [0.05, 0.1) is 6.61 Å². The molecule has 9 heteroatoms. The Bertz CT molecular complexity index is 957. The average molecular weight is 843 g/mol. The zero-order chi connectivity index (χ0) is 42.5. The molecule has 0 aliphatic heterocycles. The highest BCUT2D eigenvalue weighted by Gasteiger charge is 2.24. The van der Waals surface area contributed by atoms with Crippen LogP contribution in [0.25, 0.3) is 0 Å². The molecule has 344 valence electrons. The highest BCUT2D eigenvalue weighted by molar-refractivity contribution is 7.47. The lowest BCUT2D eigenvalue weighted by atomic mass is 10.0. The SMILES string of the molecule is CCCCCCCCCC/C=C\CCCCCCCCCCCCCC(=O)OC(COC(=O)CCCCCCCCCCCCCCCCCC)COP(=O)(O)OC. The van der Waals surface area contributed by atoms with Crippen LogP contribution < -0.4 is 0 Å². The molecule has 0 heterocycles. The average Bonchev–Trinajstić information content (AvgIpc) is 3.21. The van der Waals surface area contributed by atoms with Gasteiger partial charge in [0.25, 0.3) is 0 Å². The van der Waals surface area contributed by atoms with Crippen molar-refractivity contribution in [1.29, 1.82) is 0 Å². The smallest absolute Gasteiger partial charge is 0.462 e. The summed E-state index contributed by atoms with van der Waals surface area (Å²) in [6.45, 7) is 3.93. The Balaban J connectivity index is 3.86. The first-order valence-electron chi connectivity index (χ1n) is 24.9. The van der Waals surface area contributed by atoms with Crippen molar-refractivity contribution in [2.75, 3.05) is 20.3 Å². The Morgan fingerprint density at radius 1 is 0.466 bits per heavy atom. The Hall–Kier alpha value is -1.21. The van der Waals surface area contributed by atoms with Gasteiger partial charge in [0, 0.05) is 20.0 Å². The molecule has 0 aromatic heterocycles. The van der Waals surface area contributed by atoms with Crippen LogP contribution in [-0.2, 0) is 32.7 Å². The zero-order valence-corrected chi connectivity index (χ0v) is 39.4. The highest BCUT2D eigenvalue weighted by atomic mass is 31.2. The van der Waals surface area contributed by atoms with Gasteiger partial charge in [0.2, 0.25) is 0 Å². The molecule has 0 aliphatic carbocycles. The fraction of sp³-hybridized carbons (Fsp3) is 0.918. The summed E-state index contributed by atoms with van der Waals surface area (Å²) in [7, 11) is -3.19.